The van der Waals surface area contributed by atoms with E-state index in [1.807, 2.05) is 13.8 Å². The molecule has 0 aliphatic carbocycles. The van der Waals surface area contributed by atoms with Crippen LogP contribution in [0.25, 0.3) is 0 Å². The van der Waals surface area contributed by atoms with Crippen molar-refractivity contribution in [1.29, 1.82) is 0 Å². The average Bonchev–Trinajstić information content (AvgIpc) is 2.57. The summed E-state index contributed by atoms with van der Waals surface area (Å²) in [6.45, 7) is 2.46. The Kier molecular flexibility index (Phi) is 6.57. The van der Waals surface area contributed by atoms with E-state index in [9.17, 15) is 26.3 Å². The van der Waals surface area contributed by atoms with E-state index in [0.717, 1.165) is 0 Å². The zero-order valence-corrected chi connectivity index (χ0v) is 14.9. The summed E-state index contributed by atoms with van der Waals surface area (Å²) in [6, 6.07) is 6.43. The fraction of sp³-hybridized carbons (Fsp3) is 0.412. The first-order valence-electron chi connectivity index (χ1n) is 8.08. The number of nitrogens with zero attached hydrogens (tertiary/aromatic N) is 2. The van der Waals surface area contributed by atoms with Gasteiger partial charge in [-0.25, -0.2) is 4.98 Å². The molecule has 0 aliphatic rings. The van der Waals surface area contributed by atoms with Crippen molar-refractivity contribution in [3.8, 4) is 11.6 Å². The molecule has 0 unspecified atom stereocenters. The van der Waals surface area contributed by atoms with Gasteiger partial charge in [0.25, 0.3) is 0 Å². The predicted octanol–water partition coefficient (Wildman–Crippen LogP) is 5.21. The van der Waals surface area contributed by atoms with Gasteiger partial charge in [-0.3, -0.25) is 0 Å². The van der Waals surface area contributed by atoms with E-state index in [4.69, 9.17) is 4.74 Å². The van der Waals surface area contributed by atoms with Crippen molar-refractivity contribution in [3.63, 3.8) is 0 Å². The Hall–Kier alpha value is -2.72. The Morgan fingerprint density at radius 3 is 2.39 bits per heavy atom. The highest BCUT2D eigenvalue weighted by molar-refractivity contribution is 5.56. The second-order valence-electron chi connectivity index (χ2n) is 6.17. The molecule has 0 amide bonds. The summed E-state index contributed by atoms with van der Waals surface area (Å²) in [5, 5.41) is 2.62. The fourth-order valence-corrected chi connectivity index (χ4v) is 1.94. The van der Waals surface area contributed by atoms with Gasteiger partial charge in [0.2, 0.25) is 11.8 Å². The topological polar surface area (TPSA) is 56.3 Å². The van der Waals surface area contributed by atoms with E-state index in [1.165, 1.54) is 0 Å². The number of nitrogens with one attached hydrogen (secondary N) is 1. The zero-order chi connectivity index (χ0) is 20.9. The number of hydrogen-bond acceptors (Lipinski definition) is 5. The summed E-state index contributed by atoms with van der Waals surface area (Å²) in [5.41, 5.74) is -1.13. The van der Waals surface area contributed by atoms with Gasteiger partial charge < -0.3 is 14.8 Å². The van der Waals surface area contributed by atoms with Gasteiger partial charge in [-0.05, 0) is 18.1 Å². The van der Waals surface area contributed by atoms with Crippen LogP contribution in [0.3, 0.4) is 0 Å². The molecule has 0 bridgehead atoms. The zero-order valence-electron chi connectivity index (χ0n) is 14.9. The van der Waals surface area contributed by atoms with Crippen LogP contribution in [0, 0.1) is 5.92 Å². The Balaban J connectivity index is 2.23. The van der Waals surface area contributed by atoms with Crippen molar-refractivity contribution in [1.82, 2.24) is 9.97 Å². The van der Waals surface area contributed by atoms with E-state index in [2.05, 4.69) is 20.0 Å². The molecule has 28 heavy (non-hydrogen) atoms. The van der Waals surface area contributed by atoms with Crippen molar-refractivity contribution in [3.05, 3.63) is 36.0 Å². The molecule has 154 valence electrons. The molecule has 1 aromatic carbocycles. The minimum Gasteiger partial charge on any atom is -0.493 e. The number of ether oxygens (including phenoxy) is 2. The molecule has 0 spiro atoms. The van der Waals surface area contributed by atoms with Gasteiger partial charge in [-0.1, -0.05) is 19.9 Å². The SMILES string of the molecule is CC(C)COc1cccc(Nc2ncc(C(F)(F)F)c(OCC(F)(F)F)n2)c1. The monoisotopic (exact) mass is 409 g/mol. The third-order valence-corrected chi connectivity index (χ3v) is 3.11. The quantitative estimate of drug-likeness (QED) is 0.636. The maximum absolute atomic E-state index is 13.0. The Bertz CT molecular complexity index is 793. The predicted molar refractivity (Wildman–Crippen MR) is 88.6 cm³/mol. The Morgan fingerprint density at radius 2 is 1.79 bits per heavy atom. The Morgan fingerprint density at radius 1 is 1.07 bits per heavy atom. The lowest BCUT2D eigenvalue weighted by molar-refractivity contribution is -0.159. The first-order chi connectivity index (χ1) is 12.9. The van der Waals surface area contributed by atoms with Gasteiger partial charge in [-0.2, -0.15) is 31.3 Å². The third-order valence-electron chi connectivity index (χ3n) is 3.11. The highest BCUT2D eigenvalue weighted by Gasteiger charge is 2.38. The van der Waals surface area contributed by atoms with Crippen LogP contribution in [-0.4, -0.2) is 29.4 Å². The number of halogens is 6. The van der Waals surface area contributed by atoms with E-state index in [1.54, 1.807) is 24.3 Å². The van der Waals surface area contributed by atoms with Crippen molar-refractivity contribution in [2.75, 3.05) is 18.5 Å². The van der Waals surface area contributed by atoms with Crippen LogP contribution < -0.4 is 14.8 Å². The van der Waals surface area contributed by atoms with Gasteiger partial charge in [0.1, 0.15) is 11.3 Å². The number of hydrogen-bond donors (Lipinski definition) is 1. The lowest BCUT2D eigenvalue weighted by Gasteiger charge is -2.15. The molecular formula is C17H17F6N3O2. The molecule has 1 aromatic heterocycles. The molecule has 0 saturated heterocycles. The second kappa shape index (κ2) is 8.53. The normalized spacial score (nSPS) is 12.2. The summed E-state index contributed by atoms with van der Waals surface area (Å²) in [6.07, 6.45) is -9.42. The molecular weight excluding hydrogens is 392 g/mol. The molecule has 0 fully saturated rings. The van der Waals surface area contributed by atoms with Crippen LogP contribution in [0.15, 0.2) is 30.5 Å². The molecule has 0 atom stereocenters. The van der Waals surface area contributed by atoms with Gasteiger partial charge in [-0.15, -0.1) is 0 Å². The van der Waals surface area contributed by atoms with Gasteiger partial charge in [0, 0.05) is 18.0 Å². The van der Waals surface area contributed by atoms with Crippen molar-refractivity contribution in [2.24, 2.45) is 5.92 Å². The van der Waals surface area contributed by atoms with E-state index in [-0.39, 0.29) is 11.9 Å². The molecule has 0 aliphatic heterocycles. The number of anilines is 2. The largest absolute Gasteiger partial charge is 0.493 e. The van der Waals surface area contributed by atoms with Crippen molar-refractivity contribution < 1.29 is 35.8 Å². The van der Waals surface area contributed by atoms with Crippen molar-refractivity contribution in [2.45, 2.75) is 26.2 Å². The minimum absolute atomic E-state index is 0.281. The number of alkyl halides is 6. The van der Waals surface area contributed by atoms with E-state index in [0.29, 0.717) is 24.2 Å². The van der Waals surface area contributed by atoms with Crippen LogP contribution in [0.4, 0.5) is 38.0 Å². The third kappa shape index (κ3) is 6.78. The second-order valence-corrected chi connectivity index (χ2v) is 6.17. The van der Waals surface area contributed by atoms with Crippen LogP contribution in [0.2, 0.25) is 0 Å². The minimum atomic E-state index is -4.97. The smallest absolute Gasteiger partial charge is 0.423 e. The molecule has 2 rings (SSSR count). The van der Waals surface area contributed by atoms with Crippen LogP contribution in [0.5, 0.6) is 11.6 Å². The first kappa shape index (κ1) is 21.6. The maximum atomic E-state index is 13.0. The van der Waals surface area contributed by atoms with Crippen molar-refractivity contribution >= 4 is 11.6 Å². The molecule has 5 nitrogen and oxygen atoms in total. The fourth-order valence-electron chi connectivity index (χ4n) is 1.94. The van der Waals surface area contributed by atoms with E-state index < -0.39 is 30.4 Å². The number of benzene rings is 1. The highest BCUT2D eigenvalue weighted by atomic mass is 19.4. The molecule has 0 radical (unpaired) electrons. The lowest BCUT2D eigenvalue weighted by Crippen LogP contribution is -2.22. The molecule has 1 heterocycles. The molecule has 0 saturated carbocycles. The Labute approximate surface area is 156 Å². The van der Waals surface area contributed by atoms with Crippen LogP contribution in [-0.2, 0) is 6.18 Å². The average molecular weight is 409 g/mol. The molecule has 11 heteroatoms. The maximum Gasteiger partial charge on any atom is 0.423 e. The number of rotatable bonds is 7. The lowest BCUT2D eigenvalue weighted by atomic mass is 10.2. The molecule has 1 N–H and O–H groups in total. The van der Waals surface area contributed by atoms with Crippen LogP contribution >= 0.6 is 0 Å². The summed E-state index contributed by atoms with van der Waals surface area (Å²) < 4.78 is 85.6. The molecule has 2 aromatic rings. The van der Waals surface area contributed by atoms with Gasteiger partial charge in [0.05, 0.1) is 6.61 Å². The number of aromatic nitrogens is 2. The van der Waals surface area contributed by atoms with Gasteiger partial charge >= 0.3 is 12.4 Å². The van der Waals surface area contributed by atoms with Gasteiger partial charge in [0.15, 0.2) is 6.61 Å². The van der Waals surface area contributed by atoms with E-state index >= 15 is 0 Å². The first-order valence-corrected chi connectivity index (χ1v) is 8.08. The summed E-state index contributed by atoms with van der Waals surface area (Å²) >= 11 is 0. The summed E-state index contributed by atoms with van der Waals surface area (Å²) in [7, 11) is 0. The summed E-state index contributed by atoms with van der Waals surface area (Å²) in [4.78, 5) is 6.94. The standard InChI is InChI=1S/C17H17F6N3O2/c1-10(2)8-27-12-5-3-4-11(6-12)25-15-24-7-13(17(21,22)23)14(26-15)28-9-16(18,19)20/h3-7,10H,8-9H2,1-2H3,(H,24,25,26). The summed E-state index contributed by atoms with van der Waals surface area (Å²) in [5.74, 6) is -0.789. The van der Waals surface area contributed by atoms with Crippen LogP contribution in [0.1, 0.15) is 19.4 Å². The highest BCUT2D eigenvalue weighted by Crippen LogP contribution is 2.36.